The van der Waals surface area contributed by atoms with Gasteiger partial charge in [-0.2, -0.15) is 0 Å². The van der Waals surface area contributed by atoms with Crippen LogP contribution in [0.4, 0.5) is 0 Å². The highest BCUT2D eigenvalue weighted by Gasteiger charge is 2.19. The summed E-state index contributed by atoms with van der Waals surface area (Å²) in [4.78, 5) is 14.3. The number of ether oxygens (including phenoxy) is 1. The third-order valence-corrected chi connectivity index (χ3v) is 5.45. The van der Waals surface area contributed by atoms with Gasteiger partial charge >= 0.3 is 0 Å². The zero-order chi connectivity index (χ0) is 18.4. The van der Waals surface area contributed by atoms with Gasteiger partial charge in [-0.25, -0.2) is 0 Å². The van der Waals surface area contributed by atoms with Gasteiger partial charge in [-0.15, -0.1) is 10.2 Å². The Morgan fingerprint density at radius 3 is 2.77 bits per heavy atom. The van der Waals surface area contributed by atoms with Crippen molar-refractivity contribution in [3.63, 3.8) is 0 Å². The second-order valence-electron chi connectivity index (χ2n) is 6.48. The number of rotatable bonds is 7. The second kappa shape index (κ2) is 9.07. The maximum Gasteiger partial charge on any atom is 0.233 e. The minimum atomic E-state index is 0.193. The molecular formula is C19H26N4O2S. The van der Waals surface area contributed by atoms with Crippen molar-refractivity contribution >= 4 is 17.7 Å². The number of hydrogen-bond acceptors (Lipinski definition) is 5. The van der Waals surface area contributed by atoms with Gasteiger partial charge in [0, 0.05) is 19.6 Å². The van der Waals surface area contributed by atoms with Crippen molar-refractivity contribution < 1.29 is 9.53 Å². The lowest BCUT2D eigenvalue weighted by molar-refractivity contribution is -0.129. The molecule has 2 heterocycles. The van der Waals surface area contributed by atoms with Crippen LogP contribution in [-0.4, -0.2) is 44.4 Å². The quantitative estimate of drug-likeness (QED) is 0.696. The number of aromatic nitrogens is 3. The summed E-state index contributed by atoms with van der Waals surface area (Å²) >= 11 is 1.46. The van der Waals surface area contributed by atoms with E-state index in [4.69, 9.17) is 4.74 Å². The minimum absolute atomic E-state index is 0.193. The lowest BCUT2D eigenvalue weighted by Gasteiger charge is -2.26. The third-order valence-electron chi connectivity index (χ3n) is 4.50. The van der Waals surface area contributed by atoms with E-state index in [0.29, 0.717) is 12.4 Å². The molecule has 2 aromatic rings. The molecule has 0 N–H and O–H groups in total. The van der Waals surface area contributed by atoms with Crippen LogP contribution < -0.4 is 4.74 Å². The smallest absolute Gasteiger partial charge is 0.233 e. The van der Waals surface area contributed by atoms with Crippen molar-refractivity contribution in [1.82, 2.24) is 19.7 Å². The van der Waals surface area contributed by atoms with Gasteiger partial charge in [0.1, 0.15) is 12.4 Å². The number of aryl methyl sites for hydroxylation is 1. The van der Waals surface area contributed by atoms with Crippen molar-refractivity contribution in [3.8, 4) is 5.75 Å². The topological polar surface area (TPSA) is 60.2 Å². The van der Waals surface area contributed by atoms with Gasteiger partial charge in [-0.3, -0.25) is 4.79 Å². The molecule has 1 aromatic carbocycles. The second-order valence-corrected chi connectivity index (χ2v) is 7.42. The van der Waals surface area contributed by atoms with Crippen molar-refractivity contribution in [2.24, 2.45) is 0 Å². The maximum absolute atomic E-state index is 12.3. The molecule has 0 bridgehead atoms. The summed E-state index contributed by atoms with van der Waals surface area (Å²) in [6, 6.07) is 7.95. The molecule has 1 fully saturated rings. The van der Waals surface area contributed by atoms with E-state index in [1.165, 1.54) is 18.2 Å². The Hall–Kier alpha value is -2.02. The van der Waals surface area contributed by atoms with Crippen molar-refractivity contribution in [3.05, 3.63) is 35.7 Å². The number of likely N-dealkylation sites (tertiary alicyclic amines) is 1. The van der Waals surface area contributed by atoms with Gasteiger partial charge in [0.05, 0.1) is 5.75 Å². The molecule has 26 heavy (non-hydrogen) atoms. The summed E-state index contributed by atoms with van der Waals surface area (Å²) < 4.78 is 7.86. The molecule has 0 atom stereocenters. The van der Waals surface area contributed by atoms with E-state index >= 15 is 0 Å². The fourth-order valence-electron chi connectivity index (χ4n) is 3.06. The first-order valence-electron chi connectivity index (χ1n) is 9.19. The molecule has 0 unspecified atom stereocenters. The molecule has 0 saturated carbocycles. The molecule has 1 aliphatic rings. The van der Waals surface area contributed by atoms with Crippen molar-refractivity contribution in [2.75, 3.05) is 18.8 Å². The van der Waals surface area contributed by atoms with E-state index in [0.717, 1.165) is 54.8 Å². The monoisotopic (exact) mass is 374 g/mol. The Bertz CT molecular complexity index is 741. The highest BCUT2D eigenvalue weighted by molar-refractivity contribution is 7.99. The highest BCUT2D eigenvalue weighted by atomic mass is 32.2. The first-order valence-corrected chi connectivity index (χ1v) is 10.2. The number of thioether (sulfide) groups is 1. The lowest BCUT2D eigenvalue weighted by Crippen LogP contribution is -2.36. The first kappa shape index (κ1) is 18.8. The van der Waals surface area contributed by atoms with Crippen LogP contribution in [0.5, 0.6) is 5.75 Å². The molecule has 140 valence electrons. The Morgan fingerprint density at radius 1 is 1.23 bits per heavy atom. The molecule has 1 saturated heterocycles. The van der Waals surface area contributed by atoms with Crippen LogP contribution in [0.2, 0.25) is 0 Å². The van der Waals surface area contributed by atoms with Crippen LogP contribution in [0, 0.1) is 6.92 Å². The molecule has 3 rings (SSSR count). The fourth-order valence-corrected chi connectivity index (χ4v) is 3.99. The Kier molecular flexibility index (Phi) is 6.55. The Balaban J connectivity index is 1.57. The molecule has 1 aliphatic heterocycles. The van der Waals surface area contributed by atoms with Crippen LogP contribution in [-0.2, 0) is 17.9 Å². The predicted molar refractivity (Wildman–Crippen MR) is 102 cm³/mol. The number of nitrogens with zero attached hydrogens (tertiary/aromatic N) is 4. The zero-order valence-corrected chi connectivity index (χ0v) is 16.3. The van der Waals surface area contributed by atoms with Gasteiger partial charge in [0.15, 0.2) is 11.0 Å². The summed E-state index contributed by atoms with van der Waals surface area (Å²) in [7, 11) is 0. The zero-order valence-electron chi connectivity index (χ0n) is 15.5. The maximum atomic E-state index is 12.3. The Morgan fingerprint density at radius 2 is 2.04 bits per heavy atom. The summed E-state index contributed by atoms with van der Waals surface area (Å²) in [6.07, 6.45) is 3.45. The standard InChI is InChI=1S/C19H26N4O2S/c1-3-23-17(13-25-16-9-7-8-15(2)12-16)20-21-19(23)26-14-18(24)22-10-5-4-6-11-22/h7-9,12H,3-6,10-11,13-14H2,1-2H3. The lowest BCUT2D eigenvalue weighted by atomic mass is 10.1. The Labute approximate surface area is 158 Å². The van der Waals surface area contributed by atoms with Gasteiger partial charge in [-0.05, 0) is 50.8 Å². The minimum Gasteiger partial charge on any atom is -0.486 e. The van der Waals surface area contributed by atoms with Gasteiger partial charge in [0.25, 0.3) is 0 Å². The van der Waals surface area contributed by atoms with E-state index in [1.807, 2.05) is 40.7 Å². The van der Waals surface area contributed by atoms with E-state index in [2.05, 4.69) is 17.1 Å². The van der Waals surface area contributed by atoms with Crippen LogP contribution >= 0.6 is 11.8 Å². The summed E-state index contributed by atoms with van der Waals surface area (Å²) in [5, 5.41) is 9.29. The molecule has 0 radical (unpaired) electrons. The fraction of sp³-hybridized carbons (Fsp3) is 0.526. The number of piperidine rings is 1. The van der Waals surface area contributed by atoms with E-state index < -0.39 is 0 Å². The van der Waals surface area contributed by atoms with Gasteiger partial charge < -0.3 is 14.2 Å². The predicted octanol–water partition coefficient (Wildman–Crippen LogP) is 3.29. The molecule has 0 aliphatic carbocycles. The van der Waals surface area contributed by atoms with Gasteiger partial charge in [-0.1, -0.05) is 23.9 Å². The van der Waals surface area contributed by atoms with E-state index in [1.54, 1.807) is 0 Å². The van der Waals surface area contributed by atoms with Crippen molar-refractivity contribution in [2.45, 2.75) is 51.4 Å². The summed E-state index contributed by atoms with van der Waals surface area (Å²) in [5.74, 6) is 2.21. The van der Waals surface area contributed by atoms with Crippen LogP contribution in [0.15, 0.2) is 29.4 Å². The number of amides is 1. The molecule has 1 amide bonds. The molecule has 0 spiro atoms. The first-order chi connectivity index (χ1) is 12.7. The number of benzene rings is 1. The van der Waals surface area contributed by atoms with E-state index in [9.17, 15) is 4.79 Å². The van der Waals surface area contributed by atoms with Crippen LogP contribution in [0.25, 0.3) is 0 Å². The van der Waals surface area contributed by atoms with Crippen LogP contribution in [0.1, 0.15) is 37.6 Å². The number of carbonyl (C=O) groups is 1. The molecular weight excluding hydrogens is 348 g/mol. The number of hydrogen-bond donors (Lipinski definition) is 0. The third kappa shape index (κ3) is 4.78. The van der Waals surface area contributed by atoms with Crippen molar-refractivity contribution in [1.29, 1.82) is 0 Å². The summed E-state index contributed by atoms with van der Waals surface area (Å²) in [6.45, 7) is 6.97. The molecule has 1 aromatic heterocycles. The van der Waals surface area contributed by atoms with E-state index in [-0.39, 0.29) is 5.91 Å². The highest BCUT2D eigenvalue weighted by Crippen LogP contribution is 2.20. The van der Waals surface area contributed by atoms with Gasteiger partial charge in [0.2, 0.25) is 5.91 Å². The average molecular weight is 375 g/mol. The van der Waals surface area contributed by atoms with Crippen LogP contribution in [0.3, 0.4) is 0 Å². The summed E-state index contributed by atoms with van der Waals surface area (Å²) in [5.41, 5.74) is 1.16. The molecule has 7 heteroatoms. The largest absolute Gasteiger partial charge is 0.486 e. The molecule has 6 nitrogen and oxygen atoms in total. The average Bonchev–Trinajstić information content (AvgIpc) is 3.07. The number of carbonyl (C=O) groups excluding carboxylic acids is 1. The normalized spacial score (nSPS) is 14.5. The SMILES string of the molecule is CCn1c(COc2cccc(C)c2)nnc1SCC(=O)N1CCCCC1.